The summed E-state index contributed by atoms with van der Waals surface area (Å²) >= 11 is 1.71. The van der Waals surface area contributed by atoms with Crippen molar-refractivity contribution in [1.82, 2.24) is 34.4 Å². The number of imidazole rings is 1. The number of carbonyl (C=O) groups is 1. The molecule has 1 aromatic carbocycles. The van der Waals surface area contributed by atoms with Gasteiger partial charge in [-0.25, -0.2) is 33.6 Å². The smallest absolute Gasteiger partial charge is 0.387 e. The number of nitrogens with two attached hydrogens (primary N) is 1. The van der Waals surface area contributed by atoms with Crippen LogP contribution < -0.4 is 31.2 Å². The lowest BCUT2D eigenvalue weighted by Crippen LogP contribution is -2.35. The van der Waals surface area contributed by atoms with E-state index in [0.717, 1.165) is 57.4 Å². The van der Waals surface area contributed by atoms with Crippen LogP contribution in [-0.2, 0) is 27.7 Å². The van der Waals surface area contributed by atoms with Crippen LogP contribution in [0, 0.1) is 0 Å². The van der Waals surface area contributed by atoms with Crippen LogP contribution in [0.2, 0.25) is 0 Å². The zero-order valence-electron chi connectivity index (χ0n) is 32.6. The Morgan fingerprint density at radius 3 is 2.51 bits per heavy atom. The number of rotatable bonds is 19. The zero-order chi connectivity index (χ0) is 42.5. The summed E-state index contributed by atoms with van der Waals surface area (Å²) in [5, 5.41) is 18.1. The number of nitrogens with one attached hydrogen (secondary N) is 2. The molecule has 0 spiro atoms. The second-order valence-corrected chi connectivity index (χ2v) is 17.8. The standard InChI is InChI=1S/C35H48N10O11P2S/c1-43(2)21-10-12-23-26(17-21)59-27-18-22(11-13-24(27)41-23)44(3)16-8-9-28(46)37-14-6-4-5-7-15-38-35-42-29-32(36)39-20-40-33(29)45(35)34-31(56-58(51,52)53)30(47)25(55-34)19-54-57(48,49)50/h10-13,17-18,20,25,30-31,34,36,41,47H,4-9,14-16,19H2,1-3H3,(H5,37,46,48,49,50,51,52,53)/p+1/t25-,30-,31-,34-/m1/s1. The van der Waals surface area contributed by atoms with Crippen molar-refractivity contribution in [3.05, 3.63) is 48.1 Å². The molecule has 4 atom stereocenters. The van der Waals surface area contributed by atoms with Gasteiger partial charge in [0, 0.05) is 50.9 Å². The number of anilines is 3. The Morgan fingerprint density at radius 2 is 1.78 bits per heavy atom. The molecular weight excluding hydrogens is 830 g/mol. The average molecular weight is 880 g/mol. The van der Waals surface area contributed by atoms with Crippen LogP contribution in [0.15, 0.2) is 42.7 Å². The minimum Gasteiger partial charge on any atom is -0.387 e. The number of fused-ring (bicyclic) bond motifs is 3. The number of unbranched alkanes of at least 4 members (excludes halogenated alkanes) is 3. The van der Waals surface area contributed by atoms with E-state index in [1.165, 1.54) is 4.57 Å². The van der Waals surface area contributed by atoms with Gasteiger partial charge in [-0.2, -0.15) is 0 Å². The summed E-state index contributed by atoms with van der Waals surface area (Å²) in [7, 11) is -4.14. The average Bonchev–Trinajstić information content (AvgIpc) is 3.69. The molecule has 4 heterocycles. The summed E-state index contributed by atoms with van der Waals surface area (Å²) in [6.07, 6.45) is -1.23. The van der Waals surface area contributed by atoms with E-state index in [-0.39, 0.29) is 28.8 Å². The maximum Gasteiger partial charge on any atom is 0.470 e. The number of nitrogens with zero attached hydrogens (tertiary/aromatic N) is 7. The summed E-state index contributed by atoms with van der Waals surface area (Å²) in [6.45, 7) is 0.802. The molecular formula is C35H49N10O11P2S+. The second-order valence-electron chi connectivity index (χ2n) is 14.3. The number of carbonyl (C=O) groups excluding carboxylic acids is 1. The third-order valence-corrected chi connectivity index (χ3v) is 11.7. The van der Waals surface area contributed by atoms with Gasteiger partial charge in [-0.1, -0.05) is 12.8 Å². The topological polar surface area (TPSA) is 293 Å². The molecule has 3 aromatic rings. The molecule has 0 bridgehead atoms. The first-order valence-corrected chi connectivity index (χ1v) is 22.7. The highest BCUT2D eigenvalue weighted by atomic mass is 32.1. The van der Waals surface area contributed by atoms with Crippen LogP contribution in [0.4, 0.5) is 17.5 Å². The second kappa shape index (κ2) is 19.0. The minimum atomic E-state index is -5.21. The van der Waals surface area contributed by atoms with E-state index in [1.54, 1.807) is 11.3 Å². The number of amides is 1. The SMILES string of the molecule is CN(CCCC(=O)NCCCCCCNc1nc2c(N)ncnc2n1[C@@H]1O[C@H](COP(=O)(O)O)[C@@H](O)[C@H]1OP(=O)(O)O)c1ccc2nc3ccc(=[N+](C)C)cc-3sc2c1. The van der Waals surface area contributed by atoms with Crippen molar-refractivity contribution in [2.45, 2.75) is 63.1 Å². The largest absolute Gasteiger partial charge is 0.470 e. The van der Waals surface area contributed by atoms with Crippen LogP contribution in [0.25, 0.3) is 32.0 Å². The van der Waals surface area contributed by atoms with Gasteiger partial charge in [0.05, 0.1) is 27.4 Å². The summed E-state index contributed by atoms with van der Waals surface area (Å²) in [6, 6.07) is 12.5. The van der Waals surface area contributed by atoms with E-state index in [4.69, 9.17) is 29.8 Å². The summed E-state index contributed by atoms with van der Waals surface area (Å²) in [5.41, 5.74) is 9.21. The number of aromatic nitrogens is 5. The normalized spacial score (nSPS) is 18.5. The number of phosphoric ester groups is 2. The van der Waals surface area contributed by atoms with Crippen molar-refractivity contribution in [2.75, 3.05) is 63.3 Å². The molecule has 6 rings (SSSR count). The Hall–Kier alpha value is -4.18. The van der Waals surface area contributed by atoms with Crippen molar-refractivity contribution in [3.63, 3.8) is 0 Å². The molecule has 1 saturated heterocycles. The predicted molar refractivity (Wildman–Crippen MR) is 220 cm³/mol. The molecule has 2 aromatic heterocycles. The predicted octanol–water partition coefficient (Wildman–Crippen LogP) is 2.01. The fourth-order valence-electron chi connectivity index (χ4n) is 6.64. The van der Waals surface area contributed by atoms with Crippen LogP contribution in [-0.4, -0.2) is 121 Å². The van der Waals surface area contributed by atoms with Crippen LogP contribution >= 0.6 is 27.0 Å². The molecule has 320 valence electrons. The maximum absolute atomic E-state index is 12.6. The van der Waals surface area contributed by atoms with Crippen molar-refractivity contribution in [2.24, 2.45) is 0 Å². The first-order chi connectivity index (χ1) is 28.0. The number of benzene rings is 2. The first-order valence-electron chi connectivity index (χ1n) is 18.8. The highest BCUT2D eigenvalue weighted by Gasteiger charge is 2.50. The Kier molecular flexibility index (Phi) is 14.3. The number of phosphoric acid groups is 2. The van der Waals surface area contributed by atoms with Gasteiger partial charge in [0.15, 0.2) is 23.2 Å². The molecule has 9 N–H and O–H groups in total. The van der Waals surface area contributed by atoms with Gasteiger partial charge in [0.1, 0.15) is 38.7 Å². The highest BCUT2D eigenvalue weighted by Crippen LogP contribution is 2.47. The number of hydrogen-bond donors (Lipinski definition) is 8. The fraction of sp³-hybridized carbons (Fsp3) is 0.486. The summed E-state index contributed by atoms with van der Waals surface area (Å²) in [5.74, 6) is 0.0863. The van der Waals surface area contributed by atoms with E-state index in [1.807, 2.05) is 33.3 Å². The lowest BCUT2D eigenvalue weighted by molar-refractivity contribution is -0.121. The first kappa shape index (κ1) is 44.4. The molecule has 3 aliphatic rings. The van der Waals surface area contributed by atoms with E-state index >= 15 is 0 Å². The number of aliphatic hydroxyl groups excluding tert-OH is 1. The van der Waals surface area contributed by atoms with Gasteiger partial charge in [-0.05, 0) is 43.5 Å². The maximum atomic E-state index is 12.6. The van der Waals surface area contributed by atoms with Crippen molar-refractivity contribution < 1.29 is 52.4 Å². The molecule has 0 saturated carbocycles. The van der Waals surface area contributed by atoms with Gasteiger partial charge in [0.25, 0.3) is 0 Å². The van der Waals surface area contributed by atoms with Crippen molar-refractivity contribution >= 4 is 71.7 Å². The van der Waals surface area contributed by atoms with Crippen LogP contribution in [0.3, 0.4) is 0 Å². The molecule has 1 amide bonds. The van der Waals surface area contributed by atoms with Crippen LogP contribution in [0.1, 0.15) is 44.8 Å². The van der Waals surface area contributed by atoms with E-state index in [2.05, 4.69) is 63.9 Å². The molecule has 2 aliphatic heterocycles. The van der Waals surface area contributed by atoms with Gasteiger partial charge < -0.3 is 50.7 Å². The Balaban J connectivity index is 0.952. The van der Waals surface area contributed by atoms with Gasteiger partial charge in [-0.15, -0.1) is 11.3 Å². The van der Waals surface area contributed by atoms with E-state index in [0.29, 0.717) is 38.9 Å². The lowest BCUT2D eigenvalue weighted by atomic mass is 10.1. The number of ether oxygens (including phenoxy) is 1. The molecule has 1 aliphatic carbocycles. The third kappa shape index (κ3) is 11.6. The Bertz CT molecular complexity index is 2400. The van der Waals surface area contributed by atoms with E-state index < -0.39 is 46.8 Å². The third-order valence-electron chi connectivity index (χ3n) is 9.65. The molecule has 0 unspecified atom stereocenters. The summed E-state index contributed by atoms with van der Waals surface area (Å²) in [4.78, 5) is 70.8. The molecule has 21 nitrogen and oxygen atoms in total. The number of hydrogen-bond acceptors (Lipinski definition) is 15. The quantitative estimate of drug-likeness (QED) is 0.0255. The zero-order valence-corrected chi connectivity index (χ0v) is 35.2. The van der Waals surface area contributed by atoms with Gasteiger partial charge >= 0.3 is 15.6 Å². The van der Waals surface area contributed by atoms with Crippen LogP contribution in [0.5, 0.6) is 0 Å². The number of aliphatic hydroxyl groups is 1. The highest BCUT2D eigenvalue weighted by molar-refractivity contribution is 7.46. The van der Waals surface area contributed by atoms with Crippen molar-refractivity contribution in [3.8, 4) is 10.6 Å². The van der Waals surface area contributed by atoms with Gasteiger partial charge in [0.2, 0.25) is 17.2 Å². The molecule has 24 heteroatoms. The Labute approximate surface area is 342 Å². The monoisotopic (exact) mass is 879 g/mol. The minimum absolute atomic E-state index is 0.00532. The fourth-order valence-corrected chi connectivity index (χ4v) is 8.56. The molecule has 0 radical (unpaired) electrons. The van der Waals surface area contributed by atoms with Gasteiger partial charge in [-0.3, -0.25) is 18.4 Å². The molecule has 1 fully saturated rings. The van der Waals surface area contributed by atoms with Crippen molar-refractivity contribution in [1.29, 1.82) is 0 Å². The number of nitrogen functional groups attached to an aromatic ring is 1. The van der Waals surface area contributed by atoms with E-state index in [9.17, 15) is 28.8 Å². The lowest BCUT2D eigenvalue weighted by Gasteiger charge is -2.23. The summed E-state index contributed by atoms with van der Waals surface area (Å²) < 4.78 is 42.8. The molecule has 59 heavy (non-hydrogen) atoms. The Morgan fingerprint density at radius 1 is 1.02 bits per heavy atom.